The third-order valence-corrected chi connectivity index (χ3v) is 7.96. The number of aromatic nitrogens is 1. The Balaban J connectivity index is 1.22. The van der Waals surface area contributed by atoms with Crippen LogP contribution in [0, 0.1) is 11.6 Å². The minimum Gasteiger partial charge on any atom is -0.367 e. The number of hydrogen-bond donors (Lipinski definition) is 1. The molecule has 39 heavy (non-hydrogen) atoms. The molecule has 0 aliphatic carbocycles. The summed E-state index contributed by atoms with van der Waals surface area (Å²) >= 11 is 0. The lowest BCUT2D eigenvalue weighted by molar-refractivity contribution is 0.0708. The molecule has 1 N–H and O–H groups in total. The quantitative estimate of drug-likeness (QED) is 0.512. The van der Waals surface area contributed by atoms with Crippen LogP contribution in [0.4, 0.5) is 20.3 Å². The fourth-order valence-corrected chi connectivity index (χ4v) is 5.90. The number of anilines is 2. The number of carbonyl (C=O) groups is 2. The number of pyridine rings is 1. The summed E-state index contributed by atoms with van der Waals surface area (Å²) in [6, 6.07) is 12.4. The highest BCUT2D eigenvalue weighted by Gasteiger charge is 2.31. The van der Waals surface area contributed by atoms with Crippen molar-refractivity contribution in [1.29, 1.82) is 0 Å². The Morgan fingerprint density at radius 3 is 2.49 bits per heavy atom. The van der Waals surface area contributed by atoms with Crippen molar-refractivity contribution in [2.45, 2.75) is 31.7 Å². The first kappa shape index (κ1) is 25.4. The van der Waals surface area contributed by atoms with Crippen molar-refractivity contribution in [2.75, 3.05) is 49.5 Å². The number of halogens is 2. The van der Waals surface area contributed by atoms with E-state index in [2.05, 4.69) is 15.2 Å². The maximum Gasteiger partial charge on any atom is 0.261 e. The first-order valence-corrected chi connectivity index (χ1v) is 13.6. The molecule has 1 atom stereocenters. The summed E-state index contributed by atoms with van der Waals surface area (Å²) < 4.78 is 28.1. The number of nitrogens with zero attached hydrogens (tertiary/aromatic N) is 4. The van der Waals surface area contributed by atoms with Crippen LogP contribution in [-0.2, 0) is 0 Å². The lowest BCUT2D eigenvalue weighted by Crippen LogP contribution is -2.42. The van der Waals surface area contributed by atoms with Crippen molar-refractivity contribution in [2.24, 2.45) is 0 Å². The molecule has 0 bridgehead atoms. The zero-order valence-electron chi connectivity index (χ0n) is 21.7. The standard InChI is InChI=1S/C30H31F2N5O2/c31-23-9-10-26(32)25(17-23)30(39)37-15-11-33-28-27(37)16-22(18-34-28)20-5-7-21(8-6-20)29(38)36-14-3-4-24(36)19-35-12-1-2-13-35/h5-10,16-18,24H,1-4,11-15,19H2,(H,33,34). The molecule has 0 spiro atoms. The first-order valence-electron chi connectivity index (χ1n) is 13.6. The Kier molecular flexibility index (Phi) is 6.99. The highest BCUT2D eigenvalue weighted by atomic mass is 19.1. The van der Waals surface area contributed by atoms with Gasteiger partial charge >= 0.3 is 0 Å². The van der Waals surface area contributed by atoms with E-state index >= 15 is 0 Å². The highest BCUT2D eigenvalue weighted by molar-refractivity contribution is 6.08. The third-order valence-electron chi connectivity index (χ3n) is 7.96. The molecule has 0 radical (unpaired) electrons. The van der Waals surface area contributed by atoms with Gasteiger partial charge in [0, 0.05) is 49.5 Å². The Labute approximate surface area is 226 Å². The molecule has 3 aliphatic heterocycles. The van der Waals surface area contributed by atoms with Gasteiger partial charge < -0.3 is 20.0 Å². The predicted molar refractivity (Wildman–Crippen MR) is 146 cm³/mol. The van der Waals surface area contributed by atoms with E-state index in [9.17, 15) is 18.4 Å². The number of hydrogen-bond acceptors (Lipinski definition) is 5. The minimum absolute atomic E-state index is 0.0601. The fraction of sp³-hybridized carbons (Fsp3) is 0.367. The number of fused-ring (bicyclic) bond motifs is 1. The second kappa shape index (κ2) is 10.7. The van der Waals surface area contributed by atoms with Crippen molar-refractivity contribution in [3.63, 3.8) is 0 Å². The van der Waals surface area contributed by atoms with Crippen molar-refractivity contribution in [3.05, 3.63) is 77.5 Å². The monoisotopic (exact) mass is 531 g/mol. The van der Waals surface area contributed by atoms with Gasteiger partial charge in [-0.25, -0.2) is 13.8 Å². The topological polar surface area (TPSA) is 68.8 Å². The molecule has 1 unspecified atom stereocenters. The molecule has 9 heteroatoms. The number of amides is 2. The highest BCUT2D eigenvalue weighted by Crippen LogP contribution is 2.33. The summed E-state index contributed by atoms with van der Waals surface area (Å²) in [5.41, 5.74) is 2.42. The van der Waals surface area contributed by atoms with Gasteiger partial charge in [-0.05, 0) is 80.7 Å². The van der Waals surface area contributed by atoms with Crippen molar-refractivity contribution < 1.29 is 18.4 Å². The van der Waals surface area contributed by atoms with Crippen LogP contribution in [0.1, 0.15) is 46.4 Å². The van der Waals surface area contributed by atoms with E-state index in [1.165, 1.54) is 17.7 Å². The van der Waals surface area contributed by atoms with E-state index in [1.54, 1.807) is 6.20 Å². The molecule has 6 rings (SSSR count). The average Bonchev–Trinajstić information content (AvgIpc) is 3.66. The van der Waals surface area contributed by atoms with Crippen LogP contribution in [-0.4, -0.2) is 71.9 Å². The first-order chi connectivity index (χ1) is 19.0. The van der Waals surface area contributed by atoms with Gasteiger partial charge in [0.25, 0.3) is 11.8 Å². The van der Waals surface area contributed by atoms with Gasteiger partial charge in [-0.15, -0.1) is 0 Å². The smallest absolute Gasteiger partial charge is 0.261 e. The normalized spacial score (nSPS) is 19.2. The van der Waals surface area contributed by atoms with Crippen LogP contribution in [0.25, 0.3) is 11.1 Å². The summed E-state index contributed by atoms with van der Waals surface area (Å²) in [4.78, 5) is 36.9. The molecule has 0 saturated carbocycles. The van der Waals surface area contributed by atoms with Gasteiger partial charge in [0.05, 0.1) is 11.3 Å². The van der Waals surface area contributed by atoms with Gasteiger partial charge in [0.15, 0.2) is 0 Å². The Hall–Kier alpha value is -3.85. The summed E-state index contributed by atoms with van der Waals surface area (Å²) in [7, 11) is 0. The zero-order chi connectivity index (χ0) is 26.9. The maximum atomic E-state index is 14.4. The number of nitrogens with one attached hydrogen (secondary N) is 1. The van der Waals surface area contributed by atoms with Gasteiger partial charge in [-0.1, -0.05) is 12.1 Å². The SMILES string of the molecule is O=C(c1cc(F)ccc1F)N1CCNc2ncc(-c3ccc(C(=O)N4CCCC4CN4CCCC4)cc3)cc21. The van der Waals surface area contributed by atoms with Gasteiger partial charge in [-0.3, -0.25) is 9.59 Å². The minimum atomic E-state index is -0.772. The fourth-order valence-electron chi connectivity index (χ4n) is 5.90. The number of rotatable bonds is 5. The molecule has 2 aromatic carbocycles. The van der Waals surface area contributed by atoms with Gasteiger partial charge in [-0.2, -0.15) is 0 Å². The molecule has 2 fully saturated rings. The van der Waals surface area contributed by atoms with E-state index in [4.69, 9.17) is 0 Å². The Morgan fingerprint density at radius 2 is 1.69 bits per heavy atom. The maximum absolute atomic E-state index is 14.4. The van der Waals surface area contributed by atoms with Crippen molar-refractivity contribution in [1.82, 2.24) is 14.8 Å². The largest absolute Gasteiger partial charge is 0.367 e. The van der Waals surface area contributed by atoms with Crippen molar-refractivity contribution >= 4 is 23.3 Å². The Morgan fingerprint density at radius 1 is 0.897 bits per heavy atom. The van der Waals surface area contributed by atoms with Gasteiger partial charge in [0.2, 0.25) is 0 Å². The molecule has 2 amide bonds. The third kappa shape index (κ3) is 5.11. The second-order valence-electron chi connectivity index (χ2n) is 10.5. The van der Waals surface area contributed by atoms with Crippen LogP contribution < -0.4 is 10.2 Å². The summed E-state index contributed by atoms with van der Waals surface area (Å²) in [5, 5.41) is 3.16. The average molecular weight is 532 g/mol. The molecule has 202 valence electrons. The summed E-state index contributed by atoms with van der Waals surface area (Å²) in [6.07, 6.45) is 6.26. The molecule has 7 nitrogen and oxygen atoms in total. The number of carbonyl (C=O) groups excluding carboxylic acids is 2. The predicted octanol–water partition coefficient (Wildman–Crippen LogP) is 4.80. The van der Waals surface area contributed by atoms with E-state index in [0.29, 0.717) is 23.6 Å². The van der Waals surface area contributed by atoms with Gasteiger partial charge in [0.1, 0.15) is 17.5 Å². The lowest BCUT2D eigenvalue weighted by atomic mass is 10.0. The summed E-state index contributed by atoms with van der Waals surface area (Å²) in [6.45, 7) is 4.71. The lowest BCUT2D eigenvalue weighted by Gasteiger charge is -2.30. The van der Waals surface area contributed by atoms with Crippen LogP contribution in [0.2, 0.25) is 0 Å². The molecule has 2 saturated heterocycles. The van der Waals surface area contributed by atoms with Crippen LogP contribution in [0.15, 0.2) is 54.7 Å². The van der Waals surface area contributed by atoms with Crippen LogP contribution in [0.3, 0.4) is 0 Å². The van der Waals surface area contributed by atoms with Crippen molar-refractivity contribution in [3.8, 4) is 11.1 Å². The van der Waals surface area contributed by atoms with E-state index in [1.807, 2.05) is 35.2 Å². The van der Waals surface area contributed by atoms with E-state index in [-0.39, 0.29) is 24.1 Å². The van der Waals surface area contributed by atoms with E-state index < -0.39 is 17.5 Å². The zero-order valence-corrected chi connectivity index (χ0v) is 21.7. The molecular weight excluding hydrogens is 500 g/mol. The van der Waals surface area contributed by atoms with Crippen LogP contribution in [0.5, 0.6) is 0 Å². The van der Waals surface area contributed by atoms with E-state index in [0.717, 1.165) is 68.3 Å². The second-order valence-corrected chi connectivity index (χ2v) is 10.5. The molecule has 3 aliphatic rings. The number of likely N-dealkylation sites (tertiary alicyclic amines) is 2. The molecule has 3 aromatic rings. The molecule has 1 aromatic heterocycles. The Bertz CT molecular complexity index is 1390. The number of benzene rings is 2. The summed E-state index contributed by atoms with van der Waals surface area (Å²) in [5.74, 6) is -1.51. The molecular formula is C30H31F2N5O2. The van der Waals surface area contributed by atoms with Crippen LogP contribution >= 0.6 is 0 Å². The molecule has 4 heterocycles.